The van der Waals surface area contributed by atoms with E-state index in [0.29, 0.717) is 31.2 Å². The van der Waals surface area contributed by atoms with Crippen LogP contribution in [0.5, 0.6) is 11.5 Å². The summed E-state index contributed by atoms with van der Waals surface area (Å²) in [7, 11) is 0. The maximum absolute atomic E-state index is 12.3. The summed E-state index contributed by atoms with van der Waals surface area (Å²) in [5.74, 6) is 0.864. The summed E-state index contributed by atoms with van der Waals surface area (Å²) in [5.41, 5.74) is 3.88. The quantitative estimate of drug-likeness (QED) is 0.430. The highest BCUT2D eigenvalue weighted by molar-refractivity contribution is 9.10. The molecule has 0 aliphatic rings. The molecule has 1 aromatic heterocycles. The molecule has 0 spiro atoms. The normalized spacial score (nSPS) is 10.5. The second-order valence-electron chi connectivity index (χ2n) is 6.97. The van der Waals surface area contributed by atoms with Gasteiger partial charge in [-0.25, -0.2) is 0 Å². The lowest BCUT2D eigenvalue weighted by molar-refractivity contribution is -0.118. The number of benzene rings is 2. The number of nitrogens with zero attached hydrogens (tertiary/aromatic N) is 1. The van der Waals surface area contributed by atoms with E-state index >= 15 is 0 Å². The van der Waals surface area contributed by atoms with Gasteiger partial charge in [0.25, 0.3) is 5.91 Å². The lowest BCUT2D eigenvalue weighted by atomic mass is 10.2. The van der Waals surface area contributed by atoms with Gasteiger partial charge in [0.2, 0.25) is 0 Å². The van der Waals surface area contributed by atoms with Crippen molar-refractivity contribution in [2.75, 3.05) is 18.5 Å². The lowest BCUT2D eigenvalue weighted by Crippen LogP contribution is -2.20. The Morgan fingerprint density at radius 2 is 1.87 bits per heavy atom. The van der Waals surface area contributed by atoms with Crippen molar-refractivity contribution in [3.63, 3.8) is 0 Å². The number of aromatic nitrogens is 1. The first-order valence-corrected chi connectivity index (χ1v) is 10.9. The summed E-state index contributed by atoms with van der Waals surface area (Å²) in [4.78, 5) is 16.6. The van der Waals surface area contributed by atoms with Crippen molar-refractivity contribution < 1.29 is 14.3 Å². The molecule has 2 N–H and O–H groups in total. The average molecular weight is 484 g/mol. The van der Waals surface area contributed by atoms with Crippen LogP contribution in [0.25, 0.3) is 0 Å². The molecular formula is C24H26BrN3O3. The number of rotatable bonds is 10. The Bertz CT molecular complexity index is 995. The zero-order chi connectivity index (χ0) is 22.1. The summed E-state index contributed by atoms with van der Waals surface area (Å²) >= 11 is 3.55. The van der Waals surface area contributed by atoms with Gasteiger partial charge in [-0.2, -0.15) is 0 Å². The monoisotopic (exact) mass is 483 g/mol. The van der Waals surface area contributed by atoms with Gasteiger partial charge in [0.05, 0.1) is 16.8 Å². The van der Waals surface area contributed by atoms with E-state index in [4.69, 9.17) is 9.47 Å². The van der Waals surface area contributed by atoms with Crippen molar-refractivity contribution in [2.24, 2.45) is 0 Å². The van der Waals surface area contributed by atoms with Gasteiger partial charge < -0.3 is 20.1 Å². The molecule has 1 heterocycles. The Hall–Kier alpha value is -2.90. The van der Waals surface area contributed by atoms with Crippen LogP contribution < -0.4 is 20.1 Å². The van der Waals surface area contributed by atoms with E-state index in [0.717, 1.165) is 27.0 Å². The third-order valence-electron chi connectivity index (χ3n) is 4.41. The van der Waals surface area contributed by atoms with E-state index in [1.807, 2.05) is 68.4 Å². The molecule has 0 bridgehead atoms. The molecular weight excluding hydrogens is 458 g/mol. The predicted molar refractivity (Wildman–Crippen MR) is 125 cm³/mol. The standard InChI is InChI=1S/C24H26BrN3O3/c1-3-30-22-13-18(14-26-15-20-6-4-5-11-27-20)12-21(25)24(22)31-16-23(29)28-19-9-7-17(2)8-10-19/h4-13,26H,3,14-16H2,1-2H3,(H,28,29). The minimum atomic E-state index is -0.237. The number of amides is 1. The zero-order valence-electron chi connectivity index (χ0n) is 17.7. The highest BCUT2D eigenvalue weighted by Crippen LogP contribution is 2.37. The fourth-order valence-corrected chi connectivity index (χ4v) is 3.54. The van der Waals surface area contributed by atoms with Gasteiger partial charge in [-0.1, -0.05) is 23.8 Å². The molecule has 0 unspecified atom stereocenters. The maximum Gasteiger partial charge on any atom is 0.262 e. The van der Waals surface area contributed by atoms with Gasteiger partial charge in [-0.3, -0.25) is 9.78 Å². The SMILES string of the molecule is CCOc1cc(CNCc2ccccn2)cc(Br)c1OCC(=O)Nc1ccc(C)cc1. The first kappa shape index (κ1) is 22.8. The number of hydrogen-bond donors (Lipinski definition) is 2. The largest absolute Gasteiger partial charge is 0.490 e. The minimum Gasteiger partial charge on any atom is -0.490 e. The van der Waals surface area contributed by atoms with E-state index in [1.165, 1.54) is 0 Å². The molecule has 6 nitrogen and oxygen atoms in total. The molecule has 0 fully saturated rings. The first-order valence-electron chi connectivity index (χ1n) is 10.1. The van der Waals surface area contributed by atoms with Crippen molar-refractivity contribution in [1.29, 1.82) is 0 Å². The zero-order valence-corrected chi connectivity index (χ0v) is 19.2. The van der Waals surface area contributed by atoms with Crippen molar-refractivity contribution in [1.82, 2.24) is 10.3 Å². The number of ether oxygens (including phenoxy) is 2. The fourth-order valence-electron chi connectivity index (χ4n) is 2.94. The molecule has 162 valence electrons. The van der Waals surface area contributed by atoms with Gasteiger partial charge in [-0.15, -0.1) is 0 Å². The first-order chi connectivity index (χ1) is 15.0. The average Bonchev–Trinajstić information content (AvgIpc) is 2.76. The van der Waals surface area contributed by atoms with Gasteiger partial charge >= 0.3 is 0 Å². The van der Waals surface area contributed by atoms with Crippen molar-refractivity contribution >= 4 is 27.5 Å². The summed E-state index contributed by atoms with van der Waals surface area (Å²) < 4.78 is 12.3. The van der Waals surface area contributed by atoms with Crippen LogP contribution in [0, 0.1) is 6.92 Å². The van der Waals surface area contributed by atoms with Gasteiger partial charge in [0.15, 0.2) is 18.1 Å². The Kier molecular flexibility index (Phi) is 8.44. The Labute approximate surface area is 191 Å². The maximum atomic E-state index is 12.3. The smallest absolute Gasteiger partial charge is 0.262 e. The highest BCUT2D eigenvalue weighted by atomic mass is 79.9. The van der Waals surface area contributed by atoms with Crippen LogP contribution in [0.1, 0.15) is 23.7 Å². The van der Waals surface area contributed by atoms with Crippen molar-refractivity contribution in [3.8, 4) is 11.5 Å². The van der Waals surface area contributed by atoms with Gasteiger partial charge in [0, 0.05) is 25.0 Å². The summed E-state index contributed by atoms with van der Waals surface area (Å²) in [6.45, 7) is 5.59. The van der Waals surface area contributed by atoms with Crippen molar-refractivity contribution in [3.05, 3.63) is 82.1 Å². The fraction of sp³-hybridized carbons (Fsp3) is 0.250. The highest BCUT2D eigenvalue weighted by Gasteiger charge is 2.14. The number of carbonyl (C=O) groups excluding carboxylic acids is 1. The molecule has 0 atom stereocenters. The summed E-state index contributed by atoms with van der Waals surface area (Å²) in [6.07, 6.45) is 1.78. The number of nitrogens with one attached hydrogen (secondary N) is 2. The van der Waals surface area contributed by atoms with Crippen LogP contribution in [0.4, 0.5) is 5.69 Å². The number of aryl methyl sites for hydroxylation is 1. The molecule has 7 heteroatoms. The van der Waals surface area contributed by atoms with E-state index in [2.05, 4.69) is 31.5 Å². The molecule has 1 amide bonds. The Morgan fingerprint density at radius 1 is 1.06 bits per heavy atom. The van der Waals surface area contributed by atoms with Gasteiger partial charge in [-0.05, 0) is 71.7 Å². The second-order valence-corrected chi connectivity index (χ2v) is 7.82. The van der Waals surface area contributed by atoms with E-state index in [1.54, 1.807) is 6.20 Å². The van der Waals surface area contributed by atoms with Crippen LogP contribution >= 0.6 is 15.9 Å². The molecule has 0 radical (unpaired) electrons. The van der Waals surface area contributed by atoms with E-state index in [-0.39, 0.29) is 12.5 Å². The van der Waals surface area contributed by atoms with Crippen LogP contribution in [-0.2, 0) is 17.9 Å². The van der Waals surface area contributed by atoms with Crippen LogP contribution in [-0.4, -0.2) is 24.1 Å². The molecule has 31 heavy (non-hydrogen) atoms. The topological polar surface area (TPSA) is 72.5 Å². The molecule has 0 aliphatic heterocycles. The predicted octanol–water partition coefficient (Wildman–Crippen LogP) is 4.86. The second kappa shape index (κ2) is 11.5. The van der Waals surface area contributed by atoms with E-state index in [9.17, 15) is 4.79 Å². The number of pyridine rings is 1. The van der Waals surface area contributed by atoms with Crippen LogP contribution in [0.15, 0.2) is 65.3 Å². The third-order valence-corrected chi connectivity index (χ3v) is 5.00. The Balaban J connectivity index is 1.61. The number of carbonyl (C=O) groups is 1. The van der Waals surface area contributed by atoms with Crippen LogP contribution in [0.3, 0.4) is 0 Å². The number of halogens is 1. The minimum absolute atomic E-state index is 0.121. The lowest BCUT2D eigenvalue weighted by Gasteiger charge is -2.16. The molecule has 3 aromatic rings. The molecule has 0 aliphatic carbocycles. The van der Waals surface area contributed by atoms with Crippen molar-refractivity contribution in [2.45, 2.75) is 26.9 Å². The molecule has 2 aromatic carbocycles. The Morgan fingerprint density at radius 3 is 2.58 bits per heavy atom. The summed E-state index contributed by atoms with van der Waals surface area (Å²) in [6, 6.07) is 17.3. The van der Waals surface area contributed by atoms with E-state index < -0.39 is 0 Å². The van der Waals surface area contributed by atoms with Gasteiger partial charge in [0.1, 0.15) is 0 Å². The third kappa shape index (κ3) is 7.08. The molecule has 3 rings (SSSR count). The van der Waals surface area contributed by atoms with Crippen LogP contribution in [0.2, 0.25) is 0 Å². The number of anilines is 1. The summed E-state index contributed by atoms with van der Waals surface area (Å²) in [5, 5.41) is 6.20. The molecule has 0 saturated heterocycles. The molecule has 0 saturated carbocycles. The number of hydrogen-bond acceptors (Lipinski definition) is 5.